The summed E-state index contributed by atoms with van der Waals surface area (Å²) in [5.41, 5.74) is -0.545. The third-order valence-electron chi connectivity index (χ3n) is 2.10. The Morgan fingerprint density at radius 1 is 1.26 bits per heavy atom. The third-order valence-corrected chi connectivity index (χ3v) is 2.10. The molecule has 1 amide bonds. The number of benzene rings is 1. The Labute approximate surface area is 110 Å². The Hall–Kier alpha value is -2.11. The van der Waals surface area contributed by atoms with E-state index in [1.165, 1.54) is 12.1 Å². The number of carbonyl (C=O) groups is 2. The second kappa shape index (κ2) is 5.69. The number of carboxylic acid groups (broad SMARTS) is 1. The first-order valence-electron chi connectivity index (χ1n) is 5.65. The quantitative estimate of drug-likeness (QED) is 0.891. The summed E-state index contributed by atoms with van der Waals surface area (Å²) < 4.78 is 17.7. The number of carboxylic acids is 1. The average molecular weight is 268 g/mol. The Bertz CT molecular complexity index is 465. The fourth-order valence-corrected chi connectivity index (χ4v) is 1.36. The van der Waals surface area contributed by atoms with E-state index in [1.54, 1.807) is 20.8 Å². The van der Waals surface area contributed by atoms with Gasteiger partial charge in [0.2, 0.25) is 0 Å². The zero-order valence-corrected chi connectivity index (χ0v) is 10.9. The van der Waals surface area contributed by atoms with Crippen molar-refractivity contribution >= 4 is 12.1 Å². The van der Waals surface area contributed by atoms with Gasteiger partial charge in [0.1, 0.15) is 11.4 Å². The lowest BCUT2D eigenvalue weighted by molar-refractivity contribution is -0.308. The summed E-state index contributed by atoms with van der Waals surface area (Å²) in [5, 5.41) is 13.2. The smallest absolute Gasteiger partial charge is 0.408 e. The number of aliphatic carboxylic acids is 1. The van der Waals surface area contributed by atoms with E-state index in [9.17, 15) is 19.1 Å². The molecule has 1 N–H and O–H groups in total. The number of amides is 1. The van der Waals surface area contributed by atoms with Crippen molar-refractivity contribution in [3.63, 3.8) is 0 Å². The highest BCUT2D eigenvalue weighted by Gasteiger charge is 2.21. The fraction of sp³-hybridized carbons (Fsp3) is 0.385. The van der Waals surface area contributed by atoms with E-state index in [-0.39, 0.29) is 5.56 Å². The molecule has 1 rings (SSSR count). The van der Waals surface area contributed by atoms with Gasteiger partial charge in [0.25, 0.3) is 0 Å². The number of hydrogen-bond acceptors (Lipinski definition) is 4. The number of halogens is 1. The van der Waals surface area contributed by atoms with Crippen LogP contribution in [0.2, 0.25) is 0 Å². The van der Waals surface area contributed by atoms with Crippen molar-refractivity contribution in [2.24, 2.45) is 0 Å². The van der Waals surface area contributed by atoms with Crippen LogP contribution in [0.4, 0.5) is 9.18 Å². The van der Waals surface area contributed by atoms with Crippen LogP contribution >= 0.6 is 0 Å². The van der Waals surface area contributed by atoms with E-state index in [2.05, 4.69) is 5.32 Å². The predicted molar refractivity (Wildman–Crippen MR) is 63.5 cm³/mol. The highest BCUT2D eigenvalue weighted by molar-refractivity contribution is 5.80. The topological polar surface area (TPSA) is 78.5 Å². The highest BCUT2D eigenvalue weighted by Crippen LogP contribution is 2.15. The molecule has 0 fully saturated rings. The van der Waals surface area contributed by atoms with Crippen LogP contribution in [0.15, 0.2) is 24.3 Å². The Kier molecular flexibility index (Phi) is 4.47. The van der Waals surface area contributed by atoms with Gasteiger partial charge in [-0.15, -0.1) is 0 Å². The van der Waals surface area contributed by atoms with Gasteiger partial charge >= 0.3 is 6.09 Å². The van der Waals surface area contributed by atoms with Crippen molar-refractivity contribution in [2.75, 3.05) is 0 Å². The van der Waals surface area contributed by atoms with Crippen LogP contribution in [0, 0.1) is 5.82 Å². The maximum absolute atomic E-state index is 12.8. The van der Waals surface area contributed by atoms with Crippen molar-refractivity contribution in [1.29, 1.82) is 0 Å². The van der Waals surface area contributed by atoms with Gasteiger partial charge in [0.15, 0.2) is 0 Å². The van der Waals surface area contributed by atoms with E-state index in [1.807, 2.05) is 0 Å². The average Bonchev–Trinajstić information content (AvgIpc) is 2.24. The van der Waals surface area contributed by atoms with Crippen molar-refractivity contribution in [2.45, 2.75) is 32.4 Å². The van der Waals surface area contributed by atoms with Crippen molar-refractivity contribution in [3.05, 3.63) is 35.6 Å². The van der Waals surface area contributed by atoms with Gasteiger partial charge in [-0.2, -0.15) is 0 Å². The molecule has 1 aromatic rings. The van der Waals surface area contributed by atoms with Crippen LogP contribution in [0.5, 0.6) is 0 Å². The predicted octanol–water partition coefficient (Wildman–Crippen LogP) is 1.14. The van der Waals surface area contributed by atoms with Crippen LogP contribution < -0.4 is 10.4 Å². The lowest BCUT2D eigenvalue weighted by Crippen LogP contribution is -2.43. The Morgan fingerprint density at radius 2 is 1.79 bits per heavy atom. The van der Waals surface area contributed by atoms with Crippen molar-refractivity contribution < 1.29 is 23.8 Å². The number of rotatable bonds is 3. The lowest BCUT2D eigenvalue weighted by Gasteiger charge is -2.24. The van der Waals surface area contributed by atoms with Gasteiger partial charge in [0, 0.05) is 0 Å². The molecule has 0 spiro atoms. The molecule has 0 saturated heterocycles. The van der Waals surface area contributed by atoms with Gasteiger partial charge in [0.05, 0.1) is 12.0 Å². The zero-order valence-electron chi connectivity index (χ0n) is 10.9. The van der Waals surface area contributed by atoms with Crippen LogP contribution in [0.3, 0.4) is 0 Å². The zero-order chi connectivity index (χ0) is 14.6. The monoisotopic (exact) mass is 268 g/mol. The molecule has 0 saturated carbocycles. The summed E-state index contributed by atoms with van der Waals surface area (Å²) >= 11 is 0. The van der Waals surface area contributed by atoms with Gasteiger partial charge in [-0.1, -0.05) is 12.1 Å². The molecule has 0 heterocycles. The molecule has 0 aliphatic carbocycles. The summed E-state index contributed by atoms with van der Waals surface area (Å²) in [7, 11) is 0. The molecular weight excluding hydrogens is 253 g/mol. The largest absolute Gasteiger partial charge is 0.548 e. The molecule has 19 heavy (non-hydrogen) atoms. The summed E-state index contributed by atoms with van der Waals surface area (Å²) in [4.78, 5) is 22.5. The first kappa shape index (κ1) is 14.9. The number of carbonyl (C=O) groups excluding carboxylic acids is 2. The molecule has 0 bridgehead atoms. The number of ether oxygens (including phenoxy) is 1. The van der Waals surface area contributed by atoms with Crippen molar-refractivity contribution in [3.8, 4) is 0 Å². The van der Waals surface area contributed by atoms with Crippen LogP contribution in [-0.2, 0) is 9.53 Å². The Morgan fingerprint density at radius 3 is 2.21 bits per heavy atom. The first-order valence-corrected chi connectivity index (χ1v) is 5.65. The maximum Gasteiger partial charge on any atom is 0.408 e. The van der Waals surface area contributed by atoms with E-state index in [4.69, 9.17) is 4.74 Å². The van der Waals surface area contributed by atoms with Gasteiger partial charge < -0.3 is 20.0 Å². The van der Waals surface area contributed by atoms with Gasteiger partial charge in [-0.3, -0.25) is 0 Å². The molecule has 0 aliphatic heterocycles. The molecule has 1 atom stereocenters. The molecule has 5 nitrogen and oxygen atoms in total. The summed E-state index contributed by atoms with van der Waals surface area (Å²) in [6.45, 7) is 4.95. The van der Waals surface area contributed by atoms with Crippen molar-refractivity contribution in [1.82, 2.24) is 5.32 Å². The second-order valence-corrected chi connectivity index (χ2v) is 4.95. The van der Waals surface area contributed by atoms with E-state index >= 15 is 0 Å². The van der Waals surface area contributed by atoms with Crippen LogP contribution in [-0.4, -0.2) is 17.7 Å². The minimum Gasteiger partial charge on any atom is -0.548 e. The molecule has 0 aromatic heterocycles. The molecule has 104 valence electrons. The number of alkyl carbamates (subject to hydrolysis) is 1. The van der Waals surface area contributed by atoms with Gasteiger partial charge in [-0.25, -0.2) is 9.18 Å². The van der Waals surface area contributed by atoms with E-state index < -0.39 is 29.5 Å². The molecular formula is C13H15FNO4-. The van der Waals surface area contributed by atoms with E-state index in [0.29, 0.717) is 0 Å². The van der Waals surface area contributed by atoms with Crippen LogP contribution in [0.1, 0.15) is 32.4 Å². The molecule has 0 unspecified atom stereocenters. The highest BCUT2D eigenvalue weighted by atomic mass is 19.1. The fourth-order valence-electron chi connectivity index (χ4n) is 1.36. The minimum absolute atomic E-state index is 0.201. The van der Waals surface area contributed by atoms with Crippen LogP contribution in [0.25, 0.3) is 0 Å². The van der Waals surface area contributed by atoms with Gasteiger partial charge in [-0.05, 0) is 38.5 Å². The first-order chi connectivity index (χ1) is 8.69. The summed E-state index contributed by atoms with van der Waals surface area (Å²) in [5.74, 6) is -2.00. The number of nitrogens with one attached hydrogen (secondary N) is 1. The normalized spacial score (nSPS) is 12.6. The lowest BCUT2D eigenvalue weighted by atomic mass is 10.1. The maximum atomic E-state index is 12.8. The summed E-state index contributed by atoms with van der Waals surface area (Å²) in [6, 6.07) is 3.32. The Balaban J connectivity index is 2.82. The molecule has 1 aromatic carbocycles. The molecule has 6 heteroatoms. The van der Waals surface area contributed by atoms with E-state index in [0.717, 1.165) is 12.1 Å². The SMILES string of the molecule is CC(C)(C)OC(=O)N[C@H](C(=O)[O-])c1ccc(F)cc1. The third kappa shape index (κ3) is 4.95. The second-order valence-electron chi connectivity index (χ2n) is 4.95. The summed E-state index contributed by atoms with van der Waals surface area (Å²) in [6.07, 6.45) is -0.883. The standard InChI is InChI=1S/C13H16FNO4/c1-13(2,3)19-12(18)15-10(11(16)17)8-4-6-9(14)7-5-8/h4-7,10H,1-3H3,(H,15,18)(H,16,17)/p-1/t10-/m0/s1. The molecule has 0 aliphatic rings. The number of hydrogen-bond donors (Lipinski definition) is 1. The molecule has 0 radical (unpaired) electrons. The minimum atomic E-state index is -1.50.